The maximum atomic E-state index is 11.7. The summed E-state index contributed by atoms with van der Waals surface area (Å²) in [6.07, 6.45) is 3.53. The van der Waals surface area contributed by atoms with Gasteiger partial charge in [-0.3, -0.25) is 10.1 Å². The molecule has 4 aromatic rings. The van der Waals surface area contributed by atoms with Gasteiger partial charge < -0.3 is 9.30 Å². The lowest BCUT2D eigenvalue weighted by Gasteiger charge is -2.13. The summed E-state index contributed by atoms with van der Waals surface area (Å²) in [5.74, 6) is 1.45. The fraction of sp³-hybridized carbons (Fsp3) is 0.0870. The molecule has 4 rings (SSSR count). The van der Waals surface area contributed by atoms with E-state index in [9.17, 15) is 10.1 Å². The highest BCUT2D eigenvalue weighted by Crippen LogP contribution is 2.32. The molecule has 0 atom stereocenters. The molecule has 0 spiro atoms. The SMILES string of the molecule is COc1cccc(-c2nccn2Cc2c(-c3ccccc3)cccc2[N+](=O)[O-])c1. The van der Waals surface area contributed by atoms with Crippen LogP contribution in [-0.4, -0.2) is 21.6 Å². The average Bonchev–Trinajstić information content (AvgIpc) is 3.22. The van der Waals surface area contributed by atoms with E-state index in [1.807, 2.05) is 71.4 Å². The molecular formula is C23H19N3O3. The van der Waals surface area contributed by atoms with E-state index in [4.69, 9.17) is 4.74 Å². The number of aromatic nitrogens is 2. The third kappa shape index (κ3) is 3.73. The first-order valence-electron chi connectivity index (χ1n) is 9.14. The first-order chi connectivity index (χ1) is 14.2. The fourth-order valence-electron chi connectivity index (χ4n) is 3.43. The van der Waals surface area contributed by atoms with Crippen LogP contribution in [0.5, 0.6) is 5.75 Å². The van der Waals surface area contributed by atoms with Crippen molar-refractivity contribution >= 4 is 5.69 Å². The predicted octanol–water partition coefficient (Wildman–Crippen LogP) is 5.18. The summed E-state index contributed by atoms with van der Waals surface area (Å²) >= 11 is 0. The van der Waals surface area contributed by atoms with Gasteiger partial charge in [0.2, 0.25) is 0 Å². The number of methoxy groups -OCH3 is 1. The Labute approximate surface area is 168 Å². The molecule has 0 N–H and O–H groups in total. The van der Waals surface area contributed by atoms with Crippen LogP contribution in [0.15, 0.2) is 85.2 Å². The molecular weight excluding hydrogens is 366 g/mol. The van der Waals surface area contributed by atoms with E-state index in [-0.39, 0.29) is 10.6 Å². The third-order valence-electron chi connectivity index (χ3n) is 4.80. The van der Waals surface area contributed by atoms with E-state index in [0.717, 1.165) is 28.3 Å². The van der Waals surface area contributed by atoms with Crippen molar-refractivity contribution in [2.24, 2.45) is 0 Å². The molecule has 0 unspecified atom stereocenters. The summed E-state index contributed by atoms with van der Waals surface area (Å²) in [7, 11) is 1.62. The molecule has 6 nitrogen and oxygen atoms in total. The minimum atomic E-state index is -0.329. The molecule has 0 saturated carbocycles. The molecule has 1 aromatic heterocycles. The molecule has 0 bridgehead atoms. The van der Waals surface area contributed by atoms with E-state index >= 15 is 0 Å². The molecule has 0 aliphatic rings. The van der Waals surface area contributed by atoms with Crippen molar-refractivity contribution in [1.82, 2.24) is 9.55 Å². The first kappa shape index (κ1) is 18.4. The average molecular weight is 385 g/mol. The number of ether oxygens (including phenoxy) is 1. The largest absolute Gasteiger partial charge is 0.497 e. The van der Waals surface area contributed by atoms with Crippen molar-refractivity contribution in [3.63, 3.8) is 0 Å². The second-order valence-electron chi connectivity index (χ2n) is 6.54. The molecule has 0 amide bonds. The summed E-state index contributed by atoms with van der Waals surface area (Å²) in [5, 5.41) is 11.7. The summed E-state index contributed by atoms with van der Waals surface area (Å²) in [6.45, 7) is 0.327. The topological polar surface area (TPSA) is 70.2 Å². The summed E-state index contributed by atoms with van der Waals surface area (Å²) in [6, 6.07) is 22.5. The monoisotopic (exact) mass is 385 g/mol. The lowest BCUT2D eigenvalue weighted by molar-refractivity contribution is -0.385. The van der Waals surface area contributed by atoms with Gasteiger partial charge in [-0.05, 0) is 23.3 Å². The van der Waals surface area contributed by atoms with Crippen LogP contribution in [0.2, 0.25) is 0 Å². The predicted molar refractivity (Wildman–Crippen MR) is 112 cm³/mol. The van der Waals surface area contributed by atoms with E-state index < -0.39 is 0 Å². The number of imidazole rings is 1. The summed E-state index contributed by atoms with van der Waals surface area (Å²) < 4.78 is 7.23. The Morgan fingerprint density at radius 3 is 2.52 bits per heavy atom. The Balaban J connectivity index is 1.82. The normalized spacial score (nSPS) is 10.7. The van der Waals surface area contributed by atoms with Crippen molar-refractivity contribution < 1.29 is 9.66 Å². The molecule has 0 saturated heterocycles. The quantitative estimate of drug-likeness (QED) is 0.339. The third-order valence-corrected chi connectivity index (χ3v) is 4.80. The molecule has 1 heterocycles. The van der Waals surface area contributed by atoms with Crippen molar-refractivity contribution in [2.45, 2.75) is 6.54 Å². The van der Waals surface area contributed by atoms with Crippen LogP contribution in [0.4, 0.5) is 5.69 Å². The van der Waals surface area contributed by atoms with E-state index in [0.29, 0.717) is 12.1 Å². The molecule has 0 aliphatic carbocycles. The highest BCUT2D eigenvalue weighted by atomic mass is 16.6. The van der Waals surface area contributed by atoms with Gasteiger partial charge in [0.1, 0.15) is 11.6 Å². The number of nitrogens with zero attached hydrogens (tertiary/aromatic N) is 3. The highest BCUT2D eigenvalue weighted by molar-refractivity contribution is 5.72. The van der Waals surface area contributed by atoms with Crippen molar-refractivity contribution in [3.05, 3.63) is 101 Å². The van der Waals surface area contributed by atoms with Crippen LogP contribution in [0.1, 0.15) is 5.56 Å². The lowest BCUT2D eigenvalue weighted by atomic mass is 9.98. The number of hydrogen-bond donors (Lipinski definition) is 0. The van der Waals surface area contributed by atoms with Gasteiger partial charge in [0.25, 0.3) is 5.69 Å². The summed E-state index contributed by atoms with van der Waals surface area (Å²) in [5.41, 5.74) is 3.40. The zero-order chi connectivity index (χ0) is 20.2. The van der Waals surface area contributed by atoms with Gasteiger partial charge in [-0.2, -0.15) is 0 Å². The smallest absolute Gasteiger partial charge is 0.275 e. The van der Waals surface area contributed by atoms with Crippen molar-refractivity contribution in [2.75, 3.05) is 7.11 Å². The van der Waals surface area contributed by atoms with Crippen LogP contribution in [0.25, 0.3) is 22.5 Å². The fourth-order valence-corrected chi connectivity index (χ4v) is 3.43. The maximum absolute atomic E-state index is 11.7. The number of nitro benzene ring substituents is 1. The second kappa shape index (κ2) is 7.98. The van der Waals surface area contributed by atoms with Crippen LogP contribution in [-0.2, 0) is 6.54 Å². The summed E-state index contributed by atoms with van der Waals surface area (Å²) in [4.78, 5) is 15.9. The molecule has 29 heavy (non-hydrogen) atoms. The zero-order valence-corrected chi connectivity index (χ0v) is 15.9. The Morgan fingerprint density at radius 2 is 1.76 bits per heavy atom. The molecule has 3 aromatic carbocycles. The van der Waals surface area contributed by atoms with Crippen LogP contribution in [0, 0.1) is 10.1 Å². The molecule has 144 valence electrons. The number of hydrogen-bond acceptors (Lipinski definition) is 4. The van der Waals surface area contributed by atoms with Crippen molar-refractivity contribution in [3.8, 4) is 28.3 Å². The van der Waals surface area contributed by atoms with Gasteiger partial charge in [-0.15, -0.1) is 0 Å². The second-order valence-corrected chi connectivity index (χ2v) is 6.54. The van der Waals surface area contributed by atoms with Crippen LogP contribution >= 0.6 is 0 Å². The minimum absolute atomic E-state index is 0.0941. The number of rotatable bonds is 6. The van der Waals surface area contributed by atoms with E-state index in [2.05, 4.69) is 4.98 Å². The number of benzene rings is 3. The standard InChI is InChI=1S/C23H19N3O3/c1-29-19-10-5-9-18(15-19)23-24-13-14-25(23)16-21-20(17-7-3-2-4-8-17)11-6-12-22(21)26(27)28/h2-15H,16H2,1H3. The lowest BCUT2D eigenvalue weighted by Crippen LogP contribution is -2.06. The van der Waals surface area contributed by atoms with Gasteiger partial charge in [-0.1, -0.05) is 54.6 Å². The van der Waals surface area contributed by atoms with Gasteiger partial charge in [-0.25, -0.2) is 4.98 Å². The van der Waals surface area contributed by atoms with Gasteiger partial charge >= 0.3 is 0 Å². The number of nitro groups is 1. The highest BCUT2D eigenvalue weighted by Gasteiger charge is 2.20. The Bertz CT molecular complexity index is 1150. The minimum Gasteiger partial charge on any atom is -0.497 e. The molecule has 0 aliphatic heterocycles. The molecule has 0 fully saturated rings. The van der Waals surface area contributed by atoms with Crippen molar-refractivity contribution in [1.29, 1.82) is 0 Å². The van der Waals surface area contributed by atoms with E-state index in [1.165, 1.54) is 0 Å². The molecule has 0 radical (unpaired) electrons. The first-order valence-corrected chi connectivity index (χ1v) is 9.14. The van der Waals surface area contributed by atoms with Crippen LogP contribution in [0.3, 0.4) is 0 Å². The maximum Gasteiger partial charge on any atom is 0.275 e. The van der Waals surface area contributed by atoms with Gasteiger partial charge in [0.15, 0.2) is 0 Å². The zero-order valence-electron chi connectivity index (χ0n) is 15.9. The van der Waals surface area contributed by atoms with Gasteiger partial charge in [0, 0.05) is 24.0 Å². The van der Waals surface area contributed by atoms with Crippen LogP contribution < -0.4 is 4.74 Å². The Kier molecular flexibility index (Phi) is 5.07. The van der Waals surface area contributed by atoms with E-state index in [1.54, 1.807) is 25.4 Å². The molecule has 6 heteroatoms. The Morgan fingerprint density at radius 1 is 1.00 bits per heavy atom. The van der Waals surface area contributed by atoms with Gasteiger partial charge in [0.05, 0.1) is 24.1 Å². The Hall–Kier alpha value is -3.93.